The van der Waals surface area contributed by atoms with Crippen LogP contribution in [0.3, 0.4) is 0 Å². The maximum Gasteiger partial charge on any atom is 0.0699 e. The number of hydrogen-bond donors (Lipinski definition) is 0. The first-order valence-corrected chi connectivity index (χ1v) is 19.6. The van der Waals surface area contributed by atoms with Crippen molar-refractivity contribution in [3.8, 4) is 11.1 Å². The molecule has 0 N–H and O–H groups in total. The van der Waals surface area contributed by atoms with Crippen LogP contribution < -0.4 is 19.6 Å². The molecule has 0 unspecified atom stereocenters. The third-order valence-corrected chi connectivity index (χ3v) is 11.9. The highest BCUT2D eigenvalue weighted by Gasteiger charge is 2.33. The summed E-state index contributed by atoms with van der Waals surface area (Å²) < 4.78 is 0. The normalized spacial score (nSPS) is 14.4. The first kappa shape index (κ1) is 32.4. The van der Waals surface area contributed by atoms with E-state index in [1.165, 1.54) is 101 Å². The summed E-state index contributed by atoms with van der Waals surface area (Å²) in [4.78, 5) is 9.65. The third kappa shape index (κ3) is 4.72. The van der Waals surface area contributed by atoms with Gasteiger partial charge in [0.1, 0.15) is 0 Å². The molecule has 2 aliphatic heterocycles. The molecule has 8 aromatic carbocycles. The summed E-state index contributed by atoms with van der Waals surface area (Å²) >= 11 is 0. The summed E-state index contributed by atoms with van der Waals surface area (Å²) in [7, 11) is 4.36. The monoisotopic (exact) mass is 720 g/mol. The molecule has 0 saturated carbocycles. The topological polar surface area (TPSA) is 13.0 Å². The van der Waals surface area contributed by atoms with E-state index in [2.05, 4.69) is 216 Å². The number of anilines is 10. The number of hydrogen-bond acceptors (Lipinski definition) is 4. The van der Waals surface area contributed by atoms with Crippen molar-refractivity contribution in [3.63, 3.8) is 0 Å². The van der Waals surface area contributed by atoms with Gasteiger partial charge in [-0.15, -0.1) is 0 Å². The van der Waals surface area contributed by atoms with Crippen molar-refractivity contribution in [2.75, 3.05) is 33.7 Å². The Hall–Kier alpha value is -7.04. The van der Waals surface area contributed by atoms with E-state index in [1.54, 1.807) is 0 Å². The molecule has 0 aromatic heterocycles. The molecule has 1 aliphatic carbocycles. The van der Waals surface area contributed by atoms with E-state index in [0.717, 1.165) is 12.8 Å². The lowest BCUT2D eigenvalue weighted by Gasteiger charge is -2.40. The van der Waals surface area contributed by atoms with Gasteiger partial charge in [0.05, 0.1) is 56.9 Å². The van der Waals surface area contributed by atoms with E-state index >= 15 is 0 Å². The molecule has 0 saturated heterocycles. The van der Waals surface area contributed by atoms with Crippen LogP contribution in [0.25, 0.3) is 38.2 Å². The van der Waals surface area contributed by atoms with Crippen molar-refractivity contribution in [1.82, 2.24) is 0 Å². The molecule has 0 fully saturated rings. The molecule has 2 heterocycles. The van der Waals surface area contributed by atoms with Gasteiger partial charge in [-0.05, 0) is 107 Å². The largest absolute Gasteiger partial charge is 0.341 e. The average Bonchev–Trinajstić information content (AvgIpc) is 3.26. The summed E-state index contributed by atoms with van der Waals surface area (Å²) in [6, 6.07) is 60.2. The van der Waals surface area contributed by atoms with Crippen molar-refractivity contribution in [2.45, 2.75) is 12.8 Å². The molecule has 11 rings (SSSR count). The Morgan fingerprint density at radius 2 is 0.768 bits per heavy atom. The Labute approximate surface area is 328 Å². The van der Waals surface area contributed by atoms with Gasteiger partial charge >= 0.3 is 0 Å². The smallest absolute Gasteiger partial charge is 0.0699 e. The fourth-order valence-electron chi connectivity index (χ4n) is 9.50. The maximum atomic E-state index is 2.51. The van der Waals surface area contributed by atoms with Crippen molar-refractivity contribution in [3.05, 3.63) is 188 Å². The van der Waals surface area contributed by atoms with Crippen LogP contribution in [-0.2, 0) is 0 Å². The van der Waals surface area contributed by atoms with Crippen LogP contribution in [0.15, 0.2) is 182 Å². The second kappa shape index (κ2) is 12.8. The lowest BCUT2D eigenvalue weighted by molar-refractivity contribution is 1.06. The molecular formula is C52H40N4. The van der Waals surface area contributed by atoms with Crippen LogP contribution in [0.1, 0.15) is 18.4 Å². The molecule has 4 heteroatoms. The van der Waals surface area contributed by atoms with Gasteiger partial charge in [0.25, 0.3) is 0 Å². The highest BCUT2D eigenvalue weighted by atomic mass is 15.3. The first-order chi connectivity index (χ1) is 27.7. The summed E-state index contributed by atoms with van der Waals surface area (Å²) in [5.74, 6) is 0. The average molecular weight is 721 g/mol. The molecule has 56 heavy (non-hydrogen) atoms. The summed E-state index contributed by atoms with van der Waals surface area (Å²) in [6.07, 6.45) is 8.89. The minimum absolute atomic E-state index is 0.972. The van der Waals surface area contributed by atoms with E-state index in [9.17, 15) is 0 Å². The van der Waals surface area contributed by atoms with Crippen LogP contribution in [-0.4, -0.2) is 14.1 Å². The third-order valence-electron chi connectivity index (χ3n) is 11.9. The number of benzene rings is 8. The van der Waals surface area contributed by atoms with Crippen molar-refractivity contribution < 1.29 is 0 Å². The minimum Gasteiger partial charge on any atom is -0.341 e. The van der Waals surface area contributed by atoms with Gasteiger partial charge in [0.2, 0.25) is 0 Å². The molecule has 0 spiro atoms. The lowest BCUT2D eigenvalue weighted by atomic mass is 9.82. The number of allylic oxidation sites excluding steroid dienone is 4. The zero-order valence-corrected chi connectivity index (χ0v) is 31.5. The van der Waals surface area contributed by atoms with Gasteiger partial charge in [-0.25, -0.2) is 0 Å². The molecule has 4 nitrogen and oxygen atoms in total. The summed E-state index contributed by atoms with van der Waals surface area (Å²) in [5, 5.41) is 5.02. The predicted molar refractivity (Wildman–Crippen MR) is 239 cm³/mol. The van der Waals surface area contributed by atoms with Gasteiger partial charge < -0.3 is 19.6 Å². The van der Waals surface area contributed by atoms with Gasteiger partial charge in [-0.3, -0.25) is 0 Å². The Kier molecular flexibility index (Phi) is 7.39. The summed E-state index contributed by atoms with van der Waals surface area (Å²) in [5.41, 5.74) is 16.9. The highest BCUT2D eigenvalue weighted by Crippen LogP contribution is 2.58. The molecule has 0 bridgehead atoms. The zero-order chi connectivity index (χ0) is 37.3. The second-order valence-corrected chi connectivity index (χ2v) is 14.9. The Morgan fingerprint density at radius 1 is 0.375 bits per heavy atom. The van der Waals surface area contributed by atoms with Crippen LogP contribution in [0.4, 0.5) is 56.9 Å². The van der Waals surface area contributed by atoms with E-state index in [0.29, 0.717) is 0 Å². The predicted octanol–water partition coefficient (Wildman–Crippen LogP) is 14.5. The molecule has 8 aromatic rings. The fourth-order valence-corrected chi connectivity index (χ4v) is 9.50. The van der Waals surface area contributed by atoms with Gasteiger partial charge in [0, 0.05) is 24.9 Å². The standard InChI is InChI=1S/C52H40N4/c1-53-39-25-9-13-29-43(39)55(44-30-14-10-26-40(44)53)47-33-17-23-37-50(36-21-7-4-8-22-36)52-38(49(51(37)47)35-19-5-3-6-20-35)24-18-34-48(52)56-45-31-15-11-27-41(45)54(2)42-28-12-16-32-46(42)56/h3-7,9-21,23-34H,8,22H2,1-2H3. The van der Waals surface area contributed by atoms with Crippen LogP contribution in [0, 0.1) is 0 Å². The van der Waals surface area contributed by atoms with Gasteiger partial charge in [-0.1, -0.05) is 121 Å². The van der Waals surface area contributed by atoms with Crippen LogP contribution >= 0.6 is 0 Å². The summed E-state index contributed by atoms with van der Waals surface area (Å²) in [6.45, 7) is 0. The van der Waals surface area contributed by atoms with Gasteiger partial charge in [0.15, 0.2) is 0 Å². The fraction of sp³-hybridized carbons (Fsp3) is 0.0769. The number of rotatable bonds is 4. The van der Waals surface area contributed by atoms with E-state index in [4.69, 9.17) is 0 Å². The number of para-hydroxylation sites is 8. The van der Waals surface area contributed by atoms with Crippen LogP contribution in [0.2, 0.25) is 0 Å². The molecule has 268 valence electrons. The second-order valence-electron chi connectivity index (χ2n) is 14.9. The number of nitrogens with zero attached hydrogens (tertiary/aromatic N) is 4. The van der Waals surface area contributed by atoms with E-state index in [1.807, 2.05) is 0 Å². The minimum atomic E-state index is 0.972. The Balaban J connectivity index is 1.32. The van der Waals surface area contributed by atoms with Crippen LogP contribution in [0.5, 0.6) is 0 Å². The van der Waals surface area contributed by atoms with Crippen molar-refractivity contribution in [1.29, 1.82) is 0 Å². The zero-order valence-electron chi connectivity index (χ0n) is 31.5. The SMILES string of the molecule is CN1c2ccccc2N(c2cccc3c(-c4ccccc4)c4c(N5c6ccccc6N(C)c6ccccc65)cccc4c(C4=CC=CCC4)c23)c2ccccc21. The highest BCUT2D eigenvalue weighted by molar-refractivity contribution is 6.26. The van der Waals surface area contributed by atoms with Gasteiger partial charge in [-0.2, -0.15) is 0 Å². The Morgan fingerprint density at radius 3 is 1.21 bits per heavy atom. The maximum absolute atomic E-state index is 2.51. The quantitative estimate of drug-likeness (QED) is 0.168. The molecular weight excluding hydrogens is 681 g/mol. The Bertz CT molecular complexity index is 2830. The molecule has 3 aliphatic rings. The lowest BCUT2D eigenvalue weighted by Crippen LogP contribution is -2.24. The number of fused-ring (bicyclic) bond motifs is 6. The van der Waals surface area contributed by atoms with E-state index in [-0.39, 0.29) is 0 Å². The molecule has 0 amide bonds. The van der Waals surface area contributed by atoms with E-state index < -0.39 is 0 Å². The molecule has 0 radical (unpaired) electrons. The van der Waals surface area contributed by atoms with Crippen molar-refractivity contribution in [2.24, 2.45) is 0 Å². The molecule has 0 atom stereocenters. The first-order valence-electron chi connectivity index (χ1n) is 19.6. The van der Waals surface area contributed by atoms with Crippen molar-refractivity contribution >= 4 is 84.0 Å².